The number of rotatable bonds is 1. The van der Waals surface area contributed by atoms with Gasteiger partial charge in [-0.3, -0.25) is 0 Å². The number of hydrogen-bond acceptors (Lipinski definition) is 5. The van der Waals surface area contributed by atoms with Crippen molar-refractivity contribution in [1.82, 2.24) is 0 Å². The van der Waals surface area contributed by atoms with E-state index in [0.717, 1.165) is 12.1 Å². The van der Waals surface area contributed by atoms with Crippen molar-refractivity contribution in [3.8, 4) is 11.5 Å². The predicted molar refractivity (Wildman–Crippen MR) is 54.1 cm³/mol. The van der Waals surface area contributed by atoms with Crippen molar-refractivity contribution < 1.29 is 82.3 Å². The molecule has 2 N–H and O–H groups in total. The molecule has 0 saturated heterocycles. The van der Waals surface area contributed by atoms with Gasteiger partial charge in [-0.2, -0.15) is 6.07 Å². The van der Waals surface area contributed by atoms with Gasteiger partial charge in [0.15, 0.2) is 0 Å². The predicted octanol–water partition coefficient (Wildman–Crippen LogP) is -5.04. The summed E-state index contributed by atoms with van der Waals surface area (Å²) in [7, 11) is -4.71. The second kappa shape index (κ2) is 6.58. The molecule has 2 aromatic rings. The summed E-state index contributed by atoms with van der Waals surface area (Å²) in [5.41, 5.74) is 0. The van der Waals surface area contributed by atoms with Gasteiger partial charge in [-0.15, -0.1) is 22.9 Å². The fourth-order valence-corrected chi connectivity index (χ4v) is 1.98. The van der Waals surface area contributed by atoms with Crippen LogP contribution in [0.15, 0.2) is 29.2 Å². The molecule has 84 valence electrons. The molecule has 0 amide bonds. The Morgan fingerprint density at radius 1 is 1.06 bits per heavy atom. The van der Waals surface area contributed by atoms with E-state index in [9.17, 15) is 18.1 Å². The summed E-state index contributed by atoms with van der Waals surface area (Å²) in [6.45, 7) is 0. The summed E-state index contributed by atoms with van der Waals surface area (Å²) >= 11 is 0. The Kier molecular flexibility index (Phi) is 6.66. The summed E-state index contributed by atoms with van der Waals surface area (Å²) in [6, 6.07) is 7.23. The van der Waals surface area contributed by atoms with Gasteiger partial charge >= 0.3 is 59.1 Å². The molecule has 18 heavy (non-hydrogen) atoms. The quantitative estimate of drug-likeness (QED) is 0.310. The Hall–Kier alpha value is 0.210. The van der Waals surface area contributed by atoms with Crippen molar-refractivity contribution in [3.63, 3.8) is 0 Å². The van der Waals surface area contributed by atoms with E-state index in [1.54, 1.807) is 0 Å². The SMILES string of the molecule is O=S(=O)([O-])c1cc2c[c-]c(O)cc2cc1O.[Na+].[Na+]. The van der Waals surface area contributed by atoms with Gasteiger partial charge in [0, 0.05) is 5.75 Å². The van der Waals surface area contributed by atoms with Crippen molar-refractivity contribution in [2.75, 3.05) is 0 Å². The second-order valence-electron chi connectivity index (χ2n) is 3.22. The van der Waals surface area contributed by atoms with Crippen LogP contribution in [0, 0.1) is 6.07 Å². The van der Waals surface area contributed by atoms with Crippen LogP contribution in [0.25, 0.3) is 10.8 Å². The molecule has 0 atom stereocenters. The van der Waals surface area contributed by atoms with E-state index in [1.165, 1.54) is 12.1 Å². The molecule has 0 aromatic heterocycles. The topological polar surface area (TPSA) is 97.7 Å². The number of fused-ring (bicyclic) bond motifs is 1. The van der Waals surface area contributed by atoms with Crippen LogP contribution in [-0.2, 0) is 10.1 Å². The Balaban J connectivity index is 0.00000144. The molecule has 0 spiro atoms. The molecular formula is C10H6Na2O5S. The Labute approximate surface area is 148 Å². The minimum Gasteiger partial charge on any atom is -0.744 e. The molecule has 0 aliphatic rings. The molecule has 8 heteroatoms. The van der Waals surface area contributed by atoms with Crippen molar-refractivity contribution in [1.29, 1.82) is 0 Å². The van der Waals surface area contributed by atoms with Crippen LogP contribution >= 0.6 is 0 Å². The average Bonchev–Trinajstić information content (AvgIpc) is 2.14. The Morgan fingerprint density at radius 3 is 2.22 bits per heavy atom. The average molecular weight is 284 g/mol. The maximum absolute atomic E-state index is 10.8. The summed E-state index contributed by atoms with van der Waals surface area (Å²) in [5, 5.41) is 19.3. The van der Waals surface area contributed by atoms with Gasteiger partial charge in [0.25, 0.3) is 0 Å². The fraction of sp³-hybridized carbons (Fsp3) is 0. The van der Waals surface area contributed by atoms with E-state index in [1.807, 2.05) is 0 Å². The second-order valence-corrected chi connectivity index (χ2v) is 4.57. The summed E-state index contributed by atoms with van der Waals surface area (Å²) in [6.07, 6.45) is 0. The smallest absolute Gasteiger partial charge is 0.744 e. The number of aromatic hydroxyl groups is 2. The normalized spacial score (nSPS) is 10.5. The fourth-order valence-electron chi connectivity index (χ4n) is 1.39. The Bertz CT molecular complexity index is 669. The molecule has 0 aliphatic heterocycles. The molecule has 0 heterocycles. The molecule has 0 unspecified atom stereocenters. The first-order chi connectivity index (χ1) is 7.38. The van der Waals surface area contributed by atoms with E-state index in [-0.39, 0.29) is 64.9 Å². The third-order valence-electron chi connectivity index (χ3n) is 2.10. The minimum atomic E-state index is -4.71. The Morgan fingerprint density at radius 2 is 1.67 bits per heavy atom. The van der Waals surface area contributed by atoms with E-state index in [4.69, 9.17) is 5.11 Å². The van der Waals surface area contributed by atoms with Gasteiger partial charge < -0.3 is 14.8 Å². The molecule has 0 saturated carbocycles. The molecule has 0 aliphatic carbocycles. The molecule has 0 radical (unpaired) electrons. The first-order valence-corrected chi connectivity index (χ1v) is 5.62. The first-order valence-electron chi connectivity index (χ1n) is 4.21. The number of phenolic OH excluding ortho intramolecular Hbond substituents is 2. The summed E-state index contributed by atoms with van der Waals surface area (Å²) in [4.78, 5) is -0.681. The van der Waals surface area contributed by atoms with E-state index in [0.29, 0.717) is 10.8 Å². The minimum absolute atomic E-state index is 0. The largest absolute Gasteiger partial charge is 1.00 e. The third kappa shape index (κ3) is 3.85. The first kappa shape index (κ1) is 18.2. The van der Waals surface area contributed by atoms with Crippen LogP contribution in [0.4, 0.5) is 0 Å². The van der Waals surface area contributed by atoms with Crippen molar-refractivity contribution in [2.24, 2.45) is 0 Å². The van der Waals surface area contributed by atoms with Gasteiger partial charge in [-0.25, -0.2) is 8.42 Å². The van der Waals surface area contributed by atoms with Crippen LogP contribution in [0.1, 0.15) is 0 Å². The van der Waals surface area contributed by atoms with Gasteiger partial charge in [0.1, 0.15) is 15.9 Å². The molecular weight excluding hydrogens is 278 g/mol. The van der Waals surface area contributed by atoms with Crippen LogP contribution in [0.5, 0.6) is 11.5 Å². The van der Waals surface area contributed by atoms with E-state index >= 15 is 0 Å². The number of phenols is 2. The summed E-state index contributed by atoms with van der Waals surface area (Å²) < 4.78 is 32.4. The molecule has 0 fully saturated rings. The van der Waals surface area contributed by atoms with Crippen molar-refractivity contribution in [3.05, 3.63) is 30.3 Å². The van der Waals surface area contributed by atoms with Gasteiger partial charge in [-0.05, 0) is 6.07 Å². The molecule has 0 bridgehead atoms. The maximum Gasteiger partial charge on any atom is 1.00 e. The van der Waals surface area contributed by atoms with Crippen LogP contribution in [0.3, 0.4) is 0 Å². The van der Waals surface area contributed by atoms with Crippen molar-refractivity contribution in [2.45, 2.75) is 4.90 Å². The molecule has 5 nitrogen and oxygen atoms in total. The standard InChI is InChI=1S/C10H7O5S.2Na/c11-8-2-1-6-5-10(16(13,14)15)9(12)4-7(6)3-8;;/h1,3-5,11-12H,(H,13,14,15);;/q-1;2*+1/p-1. The zero-order chi connectivity index (χ0) is 11.9. The number of hydrogen-bond donors (Lipinski definition) is 2. The van der Waals surface area contributed by atoms with Crippen LogP contribution in [0.2, 0.25) is 0 Å². The van der Waals surface area contributed by atoms with E-state index < -0.39 is 20.8 Å². The third-order valence-corrected chi connectivity index (χ3v) is 2.97. The zero-order valence-corrected chi connectivity index (χ0v) is 14.7. The molecule has 2 rings (SSSR count). The van der Waals surface area contributed by atoms with Gasteiger partial charge in [0.05, 0.1) is 4.90 Å². The van der Waals surface area contributed by atoms with Gasteiger partial charge in [0.2, 0.25) is 0 Å². The van der Waals surface area contributed by atoms with Crippen molar-refractivity contribution >= 4 is 20.9 Å². The monoisotopic (exact) mass is 284 g/mol. The van der Waals surface area contributed by atoms with Crippen LogP contribution in [-0.4, -0.2) is 23.2 Å². The molecule has 2 aromatic carbocycles. The number of benzene rings is 2. The van der Waals surface area contributed by atoms with Gasteiger partial charge in [-0.1, -0.05) is 6.07 Å². The van der Waals surface area contributed by atoms with E-state index in [2.05, 4.69) is 6.07 Å². The summed E-state index contributed by atoms with van der Waals surface area (Å²) in [5.74, 6) is -0.766. The zero-order valence-electron chi connectivity index (χ0n) is 9.84. The maximum atomic E-state index is 10.8. The van der Waals surface area contributed by atoms with Crippen LogP contribution < -0.4 is 59.1 Å².